The third-order valence-corrected chi connectivity index (χ3v) is 7.96. The fourth-order valence-corrected chi connectivity index (χ4v) is 2.26. The van der Waals surface area contributed by atoms with E-state index in [0.29, 0.717) is 11.1 Å². The van der Waals surface area contributed by atoms with Crippen molar-refractivity contribution in [3.8, 4) is 0 Å². The molecule has 0 aromatic heterocycles. The highest BCUT2D eigenvalue weighted by Crippen LogP contribution is 2.36. The van der Waals surface area contributed by atoms with E-state index >= 15 is 0 Å². The average Bonchev–Trinajstić information content (AvgIpc) is 2.01. The molecule has 1 atom stereocenters. The Balaban J connectivity index is 3.85. The highest BCUT2D eigenvalue weighted by Gasteiger charge is 2.36. The molecule has 0 saturated carbocycles. The van der Waals surface area contributed by atoms with Gasteiger partial charge in [-0.1, -0.05) is 34.1 Å². The van der Waals surface area contributed by atoms with Crippen LogP contribution in [0.5, 0.6) is 0 Å². The summed E-state index contributed by atoms with van der Waals surface area (Å²) in [6, 6.07) is 0.319. The third-order valence-electron chi connectivity index (χ3n) is 3.42. The lowest BCUT2D eigenvalue weighted by Crippen LogP contribution is -2.41. The van der Waals surface area contributed by atoms with Gasteiger partial charge in [0.15, 0.2) is 8.32 Å². The zero-order valence-electron chi connectivity index (χ0n) is 11.4. The van der Waals surface area contributed by atoms with E-state index in [0.717, 1.165) is 19.4 Å². The van der Waals surface area contributed by atoms with Gasteiger partial charge in [0.25, 0.3) is 0 Å². The second-order valence-electron chi connectivity index (χ2n) is 5.95. The van der Waals surface area contributed by atoms with Gasteiger partial charge in [-0.05, 0) is 31.0 Å². The van der Waals surface area contributed by atoms with Gasteiger partial charge in [-0.15, -0.1) is 0 Å². The fraction of sp³-hybridized carbons (Fsp3) is 1.00. The van der Waals surface area contributed by atoms with Crippen molar-refractivity contribution in [1.82, 2.24) is 0 Å². The minimum Gasteiger partial charge on any atom is -0.417 e. The molecule has 0 heterocycles. The van der Waals surface area contributed by atoms with Crippen LogP contribution in [-0.2, 0) is 4.43 Å². The second-order valence-corrected chi connectivity index (χ2v) is 10.8. The highest BCUT2D eigenvalue weighted by atomic mass is 28.4. The van der Waals surface area contributed by atoms with E-state index in [1.165, 1.54) is 6.42 Å². The van der Waals surface area contributed by atoms with Crippen molar-refractivity contribution < 1.29 is 4.43 Å². The van der Waals surface area contributed by atoms with Gasteiger partial charge in [0.1, 0.15) is 0 Å². The lowest BCUT2D eigenvalue weighted by molar-refractivity contribution is 0.269. The summed E-state index contributed by atoms with van der Waals surface area (Å²) in [5, 5.41) is 0.307. The first-order valence-corrected chi connectivity index (χ1v) is 9.01. The molecular weight excluding hydrogens is 202 g/mol. The molecular formula is C12H29NOSi. The van der Waals surface area contributed by atoms with Crippen LogP contribution in [-0.4, -0.2) is 21.0 Å². The number of nitrogens with two attached hydrogens (primary N) is 1. The molecule has 0 rings (SSSR count). The predicted octanol–water partition coefficient (Wildman–Crippen LogP) is 3.53. The molecule has 0 bridgehead atoms. The van der Waals surface area contributed by atoms with Crippen LogP contribution in [0, 0.1) is 0 Å². The van der Waals surface area contributed by atoms with Crippen LogP contribution in [0.1, 0.15) is 47.0 Å². The monoisotopic (exact) mass is 231 g/mol. The maximum absolute atomic E-state index is 6.07. The van der Waals surface area contributed by atoms with E-state index < -0.39 is 8.32 Å². The van der Waals surface area contributed by atoms with Gasteiger partial charge in [-0.25, -0.2) is 0 Å². The van der Waals surface area contributed by atoms with Crippen molar-refractivity contribution in [3.05, 3.63) is 0 Å². The second kappa shape index (κ2) is 6.02. The van der Waals surface area contributed by atoms with Crippen LogP contribution in [0.3, 0.4) is 0 Å². The van der Waals surface area contributed by atoms with E-state index in [1.54, 1.807) is 0 Å². The lowest BCUT2D eigenvalue weighted by atomic mass is 10.1. The third kappa shape index (κ3) is 5.69. The first-order valence-electron chi connectivity index (χ1n) is 6.10. The summed E-state index contributed by atoms with van der Waals surface area (Å²) in [4.78, 5) is 0. The largest absolute Gasteiger partial charge is 0.417 e. The molecule has 0 amide bonds. The Labute approximate surface area is 96.7 Å². The zero-order chi connectivity index (χ0) is 12.1. The topological polar surface area (TPSA) is 35.2 Å². The Morgan fingerprint density at radius 3 is 2.13 bits per heavy atom. The van der Waals surface area contributed by atoms with Crippen molar-refractivity contribution in [2.24, 2.45) is 5.73 Å². The van der Waals surface area contributed by atoms with E-state index in [1.807, 2.05) is 0 Å². The van der Waals surface area contributed by atoms with E-state index in [9.17, 15) is 0 Å². The molecule has 0 aromatic rings. The maximum Gasteiger partial charge on any atom is 0.191 e. The molecule has 15 heavy (non-hydrogen) atoms. The first-order chi connectivity index (χ1) is 6.70. The van der Waals surface area contributed by atoms with Gasteiger partial charge in [-0.2, -0.15) is 0 Å². The summed E-state index contributed by atoms with van der Waals surface area (Å²) in [6.45, 7) is 14.4. The Morgan fingerprint density at radius 1 is 1.20 bits per heavy atom. The SMILES string of the molecule is CCCC(N)CCO[Si](C)(C)C(C)(C)C. The number of hydrogen-bond donors (Lipinski definition) is 1. The van der Waals surface area contributed by atoms with Crippen LogP contribution in [0.2, 0.25) is 18.1 Å². The Morgan fingerprint density at radius 2 is 1.73 bits per heavy atom. The van der Waals surface area contributed by atoms with Crippen molar-refractivity contribution in [3.63, 3.8) is 0 Å². The molecule has 0 aliphatic rings. The molecule has 0 saturated heterocycles. The summed E-state index contributed by atoms with van der Waals surface area (Å²) < 4.78 is 6.07. The van der Waals surface area contributed by atoms with Crippen LogP contribution < -0.4 is 5.73 Å². The molecule has 3 heteroatoms. The Hall–Kier alpha value is 0.137. The van der Waals surface area contributed by atoms with E-state index in [2.05, 4.69) is 40.8 Å². The minimum absolute atomic E-state index is 0.307. The zero-order valence-corrected chi connectivity index (χ0v) is 12.4. The van der Waals surface area contributed by atoms with Gasteiger partial charge < -0.3 is 10.2 Å². The Kier molecular flexibility index (Phi) is 6.07. The average molecular weight is 231 g/mol. The highest BCUT2D eigenvalue weighted by molar-refractivity contribution is 6.74. The molecule has 0 radical (unpaired) electrons. The number of rotatable bonds is 6. The van der Waals surface area contributed by atoms with Gasteiger partial charge in [0, 0.05) is 12.6 Å². The smallest absolute Gasteiger partial charge is 0.191 e. The molecule has 1 unspecified atom stereocenters. The van der Waals surface area contributed by atoms with Crippen LogP contribution in [0.4, 0.5) is 0 Å². The minimum atomic E-state index is -1.55. The van der Waals surface area contributed by atoms with Crippen molar-refractivity contribution in [1.29, 1.82) is 0 Å². The molecule has 2 N–H and O–H groups in total. The van der Waals surface area contributed by atoms with Crippen molar-refractivity contribution >= 4 is 8.32 Å². The molecule has 0 aliphatic carbocycles. The summed E-state index contributed by atoms with van der Waals surface area (Å²) in [5.74, 6) is 0. The first kappa shape index (κ1) is 15.1. The van der Waals surface area contributed by atoms with E-state index in [-0.39, 0.29) is 0 Å². The molecule has 0 spiro atoms. The Bertz CT molecular complexity index is 175. The van der Waals surface area contributed by atoms with Crippen molar-refractivity contribution in [2.75, 3.05) is 6.61 Å². The lowest BCUT2D eigenvalue weighted by Gasteiger charge is -2.36. The molecule has 0 fully saturated rings. The van der Waals surface area contributed by atoms with Gasteiger partial charge in [0.05, 0.1) is 0 Å². The quantitative estimate of drug-likeness (QED) is 0.710. The molecule has 0 aromatic carbocycles. The predicted molar refractivity (Wildman–Crippen MR) is 70.6 cm³/mol. The summed E-state index contributed by atoms with van der Waals surface area (Å²) in [5.41, 5.74) is 5.96. The molecule has 92 valence electrons. The molecule has 2 nitrogen and oxygen atoms in total. The normalized spacial score (nSPS) is 15.4. The summed E-state index contributed by atoms with van der Waals surface area (Å²) in [6.07, 6.45) is 3.28. The van der Waals surface area contributed by atoms with Crippen LogP contribution >= 0.6 is 0 Å². The standard InChI is InChI=1S/C12H29NOSi/c1-7-8-11(13)9-10-14-15(5,6)12(2,3)4/h11H,7-10,13H2,1-6H3. The van der Waals surface area contributed by atoms with Gasteiger partial charge in [0.2, 0.25) is 0 Å². The van der Waals surface area contributed by atoms with Crippen LogP contribution in [0.15, 0.2) is 0 Å². The van der Waals surface area contributed by atoms with E-state index in [4.69, 9.17) is 10.2 Å². The fourth-order valence-electron chi connectivity index (χ4n) is 1.20. The molecule has 0 aliphatic heterocycles. The van der Waals surface area contributed by atoms with Crippen molar-refractivity contribution in [2.45, 2.75) is 71.1 Å². The number of hydrogen-bond acceptors (Lipinski definition) is 2. The maximum atomic E-state index is 6.07. The van der Waals surface area contributed by atoms with Gasteiger partial charge in [-0.3, -0.25) is 0 Å². The summed E-state index contributed by atoms with van der Waals surface area (Å²) in [7, 11) is -1.55. The van der Waals surface area contributed by atoms with Crippen LogP contribution in [0.25, 0.3) is 0 Å². The van der Waals surface area contributed by atoms with Gasteiger partial charge >= 0.3 is 0 Å². The summed E-state index contributed by atoms with van der Waals surface area (Å²) >= 11 is 0.